The van der Waals surface area contributed by atoms with Crippen LogP contribution in [0.25, 0.3) is 0 Å². The largest absolute Gasteiger partial charge is 1.00 e. The molecule has 35 heavy (non-hydrogen) atoms. The fraction of sp³-hybridized carbons (Fsp3) is 0.850. The number of carbonyl (C=O) groups excluding carboxylic acids is 2. The molecule has 0 spiro atoms. The second-order valence-electron chi connectivity index (χ2n) is 8.63. The molecule has 15 heteroatoms. The Kier molecular flexibility index (Phi) is 20.3. The third-order valence-electron chi connectivity index (χ3n) is 4.61. The smallest absolute Gasteiger partial charge is 0.748 e. The van der Waals surface area contributed by atoms with Crippen LogP contribution < -0.4 is 34.9 Å². The number of aliphatic carboxylic acids is 1. The van der Waals surface area contributed by atoms with Crippen LogP contribution in [-0.2, 0) is 33.8 Å². The number of aliphatic hydroxyl groups is 1. The van der Waals surface area contributed by atoms with E-state index in [2.05, 4.69) is 5.32 Å². The molecule has 0 radical (unpaired) electrons. The van der Waals surface area contributed by atoms with Crippen molar-refractivity contribution < 1.29 is 81.3 Å². The van der Waals surface area contributed by atoms with Crippen molar-refractivity contribution in [2.24, 2.45) is 11.8 Å². The van der Waals surface area contributed by atoms with Crippen molar-refractivity contribution in [3.63, 3.8) is 0 Å². The van der Waals surface area contributed by atoms with E-state index in [1.54, 1.807) is 6.92 Å². The molecule has 0 aliphatic heterocycles. The number of amides is 1. The number of ether oxygens (including phenoxy) is 1. The average Bonchev–Trinajstić information content (AvgIpc) is 2.55. The van der Waals surface area contributed by atoms with Gasteiger partial charge in [-0.2, -0.15) is 0 Å². The van der Waals surface area contributed by atoms with Crippen LogP contribution in [0.4, 0.5) is 0 Å². The van der Waals surface area contributed by atoms with Crippen molar-refractivity contribution >= 4 is 35.3 Å². The second-order valence-corrected chi connectivity index (χ2v) is 12.5. The Morgan fingerprint density at radius 1 is 1.14 bits per heavy atom. The van der Waals surface area contributed by atoms with E-state index < -0.39 is 83.3 Å². The van der Waals surface area contributed by atoms with Gasteiger partial charge < -0.3 is 29.7 Å². The normalized spacial score (nSPS) is 16.5. The summed E-state index contributed by atoms with van der Waals surface area (Å²) in [4.78, 5) is 46.8. The zero-order valence-corrected chi connectivity index (χ0v) is 23.5. The molecule has 4 N–H and O–H groups in total. The fourth-order valence-corrected chi connectivity index (χ4v) is 5.13. The van der Waals surface area contributed by atoms with Gasteiger partial charge in [0.05, 0.1) is 27.9 Å². The van der Waals surface area contributed by atoms with Crippen LogP contribution in [0.15, 0.2) is 0 Å². The summed E-state index contributed by atoms with van der Waals surface area (Å²) in [5.74, 6) is -6.48. The van der Waals surface area contributed by atoms with E-state index >= 15 is 0 Å². The summed E-state index contributed by atoms with van der Waals surface area (Å²) in [6.45, 7) is 5.88. The number of nitrogens with one attached hydrogen (secondary N) is 1. The summed E-state index contributed by atoms with van der Waals surface area (Å²) in [7, 11) is -8.89. The SMILES string of the molecule is C.C.CCC(CC(CC(C(=O)OCC(C)O)P(C)(=O)O)C(=O)NC(C)(C)CS(=O)(=O)[O-])C(=O)O.[Na+]. The molecule has 0 rings (SSSR count). The Labute approximate surface area is 231 Å². The molecule has 0 aromatic carbocycles. The van der Waals surface area contributed by atoms with Crippen LogP contribution in [0.5, 0.6) is 0 Å². The number of carboxylic acid groups (broad SMARTS) is 1. The van der Waals surface area contributed by atoms with E-state index in [4.69, 9.17) is 4.74 Å². The Morgan fingerprint density at radius 2 is 1.63 bits per heavy atom. The van der Waals surface area contributed by atoms with Crippen LogP contribution in [0.3, 0.4) is 0 Å². The summed E-state index contributed by atoms with van der Waals surface area (Å²) < 4.78 is 50.5. The van der Waals surface area contributed by atoms with Crippen LogP contribution in [0.2, 0.25) is 0 Å². The van der Waals surface area contributed by atoms with E-state index in [0.29, 0.717) is 0 Å². The maximum absolute atomic E-state index is 12.9. The molecule has 0 saturated heterocycles. The van der Waals surface area contributed by atoms with Gasteiger partial charge >= 0.3 is 41.5 Å². The minimum Gasteiger partial charge on any atom is -0.748 e. The Bertz CT molecular complexity index is 827. The van der Waals surface area contributed by atoms with Gasteiger partial charge in [-0.05, 0) is 40.0 Å². The number of rotatable bonds is 14. The van der Waals surface area contributed by atoms with Crippen LogP contribution >= 0.6 is 7.37 Å². The monoisotopic (exact) mass is 557 g/mol. The molecule has 0 heterocycles. The molecule has 0 aliphatic rings. The van der Waals surface area contributed by atoms with Gasteiger partial charge in [0.1, 0.15) is 12.3 Å². The first-order valence-corrected chi connectivity index (χ1v) is 13.7. The van der Waals surface area contributed by atoms with Gasteiger partial charge in [0.15, 0.2) is 0 Å². The number of aliphatic hydroxyl groups excluding tert-OH is 1. The Balaban J connectivity index is -0.00000160. The van der Waals surface area contributed by atoms with Gasteiger partial charge in [-0.25, -0.2) is 8.42 Å². The quantitative estimate of drug-likeness (QED) is 0.0828. The van der Waals surface area contributed by atoms with E-state index in [1.807, 2.05) is 0 Å². The summed E-state index contributed by atoms with van der Waals surface area (Å²) in [5.41, 5.74) is -3.20. The number of carboxylic acids is 1. The molecule has 5 atom stereocenters. The topological polar surface area (TPSA) is 207 Å². The summed E-state index contributed by atoms with van der Waals surface area (Å²) in [6.07, 6.45) is -1.78. The molecule has 12 nitrogen and oxygen atoms in total. The first-order chi connectivity index (χ1) is 14.3. The second kappa shape index (κ2) is 17.1. The molecule has 0 bridgehead atoms. The van der Waals surface area contributed by atoms with Crippen molar-refractivity contribution in [3.05, 3.63) is 0 Å². The predicted octanol–water partition coefficient (Wildman–Crippen LogP) is -1.60. The molecule has 1 amide bonds. The number of hydrogen-bond acceptors (Lipinski definition) is 9. The van der Waals surface area contributed by atoms with Crippen molar-refractivity contribution in [2.75, 3.05) is 19.0 Å². The van der Waals surface area contributed by atoms with Gasteiger partial charge in [0.2, 0.25) is 13.3 Å². The molecule has 0 fully saturated rings. The molecule has 0 aromatic heterocycles. The Morgan fingerprint density at radius 3 is 1.97 bits per heavy atom. The minimum absolute atomic E-state index is 0. The molecular weight excluding hydrogens is 516 g/mol. The van der Waals surface area contributed by atoms with Crippen molar-refractivity contribution in [2.45, 2.75) is 79.1 Å². The summed E-state index contributed by atoms with van der Waals surface area (Å²) in [5, 5.41) is 21.0. The van der Waals surface area contributed by atoms with Gasteiger partial charge in [0.25, 0.3) is 0 Å². The minimum atomic E-state index is -4.71. The molecule has 204 valence electrons. The van der Waals surface area contributed by atoms with E-state index in [9.17, 15) is 47.0 Å². The molecule has 5 unspecified atom stereocenters. The summed E-state index contributed by atoms with van der Waals surface area (Å²) in [6, 6.07) is 0. The maximum atomic E-state index is 12.9. The van der Waals surface area contributed by atoms with Crippen molar-refractivity contribution in [1.29, 1.82) is 0 Å². The van der Waals surface area contributed by atoms with E-state index in [0.717, 1.165) is 6.66 Å². The molecule has 0 saturated carbocycles. The Hall–Kier alpha value is -0.530. The average molecular weight is 558 g/mol. The van der Waals surface area contributed by atoms with Gasteiger partial charge in [-0.15, -0.1) is 0 Å². The van der Waals surface area contributed by atoms with Crippen LogP contribution in [-0.4, -0.2) is 82.2 Å². The molecular formula is C20H41NNaO11PS. The first-order valence-electron chi connectivity index (χ1n) is 9.92. The zero-order valence-electron chi connectivity index (χ0n) is 19.8. The molecule has 0 aliphatic carbocycles. The third kappa shape index (κ3) is 17.5. The number of hydrogen-bond donors (Lipinski definition) is 4. The summed E-state index contributed by atoms with van der Waals surface area (Å²) >= 11 is 0. The fourth-order valence-electron chi connectivity index (χ4n) is 3.07. The number of esters is 1. The van der Waals surface area contributed by atoms with Crippen molar-refractivity contribution in [1.82, 2.24) is 5.32 Å². The number of carbonyl (C=O) groups is 3. The van der Waals surface area contributed by atoms with Gasteiger partial charge in [-0.1, -0.05) is 21.8 Å². The van der Waals surface area contributed by atoms with Crippen LogP contribution in [0.1, 0.15) is 61.8 Å². The maximum Gasteiger partial charge on any atom is 1.00 e. The van der Waals surface area contributed by atoms with Crippen molar-refractivity contribution in [3.8, 4) is 0 Å². The first kappa shape index (κ1) is 41.6. The van der Waals surface area contributed by atoms with E-state index in [1.165, 1.54) is 20.8 Å². The van der Waals surface area contributed by atoms with E-state index in [-0.39, 0.29) is 57.3 Å². The third-order valence-corrected chi connectivity index (χ3v) is 7.26. The zero-order chi connectivity index (χ0) is 25.5. The van der Waals surface area contributed by atoms with Gasteiger partial charge in [-0.3, -0.25) is 18.9 Å². The standard InChI is InChI=1S/C18H34NO11PS.2CH4.Na/c1-6-12(16(22)23)7-13(15(21)19-18(3,4)10-32(27,28)29)8-14(31(5,25)26)17(24)30-9-11(2)20;;;/h11-14,20H,6-10H2,1-5H3,(H,19,21)(H,22,23)(H,25,26)(H,27,28,29);2*1H4;/q;;;+1/p-1. The van der Waals surface area contributed by atoms with Crippen LogP contribution in [0, 0.1) is 11.8 Å². The molecule has 0 aromatic rings. The predicted molar refractivity (Wildman–Crippen MR) is 127 cm³/mol. The van der Waals surface area contributed by atoms with Gasteiger partial charge in [0, 0.05) is 18.1 Å².